The summed E-state index contributed by atoms with van der Waals surface area (Å²) in [5.74, 6) is 2.37. The van der Waals surface area contributed by atoms with Crippen molar-refractivity contribution < 1.29 is 9.90 Å². The van der Waals surface area contributed by atoms with E-state index in [-0.39, 0.29) is 11.5 Å². The summed E-state index contributed by atoms with van der Waals surface area (Å²) in [5.41, 5.74) is -0.491. The molecule has 4 unspecified atom stereocenters. The van der Waals surface area contributed by atoms with E-state index >= 15 is 0 Å². The van der Waals surface area contributed by atoms with Gasteiger partial charge in [-0.05, 0) is 88.5 Å². The highest BCUT2D eigenvalue weighted by atomic mass is 16.3. The second kappa shape index (κ2) is 4.51. The summed E-state index contributed by atoms with van der Waals surface area (Å²) in [6.45, 7) is 2.21. The van der Waals surface area contributed by atoms with Gasteiger partial charge in [0, 0.05) is 12.1 Å². The van der Waals surface area contributed by atoms with Crippen molar-refractivity contribution in [2.45, 2.75) is 82.0 Å². The number of aliphatic hydroxyl groups is 1. The molecule has 1 heterocycles. The van der Waals surface area contributed by atoms with Crippen molar-refractivity contribution in [3.8, 4) is 0 Å². The Hall–Kier alpha value is -0.610. The average molecular weight is 318 g/mol. The average Bonchev–Trinajstić information content (AvgIpc) is 3.07. The molecule has 5 aliphatic carbocycles. The van der Waals surface area contributed by atoms with E-state index < -0.39 is 5.60 Å². The zero-order valence-corrected chi connectivity index (χ0v) is 14.4. The Morgan fingerprint density at radius 3 is 2.39 bits per heavy atom. The lowest BCUT2D eigenvalue weighted by Gasteiger charge is -2.62. The molecule has 4 bridgehead atoms. The van der Waals surface area contributed by atoms with Gasteiger partial charge in [0.05, 0.1) is 11.6 Å². The van der Waals surface area contributed by atoms with Gasteiger partial charge in [-0.1, -0.05) is 0 Å². The normalized spacial score (nSPS) is 54.2. The van der Waals surface area contributed by atoms with Gasteiger partial charge >= 0.3 is 0 Å². The molecular weight excluding hydrogens is 288 g/mol. The molecule has 4 nitrogen and oxygen atoms in total. The van der Waals surface area contributed by atoms with Gasteiger partial charge in [0.1, 0.15) is 0 Å². The number of carbonyl (C=O) groups is 1. The van der Waals surface area contributed by atoms with Crippen molar-refractivity contribution >= 4 is 5.91 Å². The summed E-state index contributed by atoms with van der Waals surface area (Å²) < 4.78 is 0. The fourth-order valence-corrected chi connectivity index (χ4v) is 7.55. The maximum Gasteiger partial charge on any atom is 0.240 e. The number of carbonyl (C=O) groups excluding carboxylic acids is 1. The summed E-state index contributed by atoms with van der Waals surface area (Å²) >= 11 is 0. The van der Waals surface area contributed by atoms with Crippen LogP contribution in [0.15, 0.2) is 0 Å². The van der Waals surface area contributed by atoms with E-state index in [1.165, 1.54) is 19.3 Å². The largest absolute Gasteiger partial charge is 0.390 e. The number of piperidine rings is 1. The van der Waals surface area contributed by atoms with E-state index in [1.807, 2.05) is 7.05 Å². The van der Waals surface area contributed by atoms with Crippen LogP contribution in [0.25, 0.3) is 0 Å². The fraction of sp³-hybridized carbons (Fsp3) is 0.947. The standard InChI is InChI=1S/C19H30N2O2/c1-11-3-14-5-15(14)21(11)17(22)16(20-2)18-6-12-4-13(7-18)9-19(23,8-12)10-18/h11-16,20,23H,3-10H2,1-2H3/t11-,12?,13?,14?,15?,16-,18?,19?/m1/s1. The predicted molar refractivity (Wildman–Crippen MR) is 87.7 cm³/mol. The van der Waals surface area contributed by atoms with Gasteiger partial charge in [0.15, 0.2) is 0 Å². The molecule has 0 spiro atoms. The van der Waals surface area contributed by atoms with E-state index in [0.29, 0.717) is 29.8 Å². The van der Waals surface area contributed by atoms with Crippen LogP contribution in [0.4, 0.5) is 0 Å². The number of fused-ring (bicyclic) bond motifs is 1. The SMILES string of the molecule is CN[C@H](C(=O)N1C2CC2C[C@H]1C)C12CC3CC(CC(O)(C3)C1)C2. The van der Waals surface area contributed by atoms with Crippen molar-refractivity contribution in [2.24, 2.45) is 23.2 Å². The van der Waals surface area contributed by atoms with E-state index in [4.69, 9.17) is 0 Å². The molecule has 4 heteroatoms. The van der Waals surface area contributed by atoms with Crippen LogP contribution < -0.4 is 5.32 Å². The van der Waals surface area contributed by atoms with Crippen LogP contribution in [0.3, 0.4) is 0 Å². The van der Waals surface area contributed by atoms with E-state index in [0.717, 1.165) is 38.0 Å². The highest BCUT2D eigenvalue weighted by Gasteiger charge is 2.62. The second-order valence-electron chi connectivity index (χ2n) is 9.66. The third kappa shape index (κ3) is 2.00. The summed E-state index contributed by atoms with van der Waals surface area (Å²) in [6.07, 6.45) is 8.74. The monoisotopic (exact) mass is 318 g/mol. The summed E-state index contributed by atoms with van der Waals surface area (Å²) in [4.78, 5) is 15.6. The Labute approximate surface area is 139 Å². The first-order chi connectivity index (χ1) is 10.9. The maximum atomic E-state index is 13.4. The van der Waals surface area contributed by atoms with Crippen LogP contribution >= 0.6 is 0 Å². The van der Waals surface area contributed by atoms with E-state index in [1.54, 1.807) is 0 Å². The van der Waals surface area contributed by atoms with Gasteiger partial charge in [-0.2, -0.15) is 0 Å². The zero-order chi connectivity index (χ0) is 16.0. The lowest BCUT2D eigenvalue weighted by molar-refractivity contribution is -0.180. The molecule has 5 saturated carbocycles. The van der Waals surface area contributed by atoms with Crippen molar-refractivity contribution in [3.63, 3.8) is 0 Å². The quantitative estimate of drug-likeness (QED) is 0.836. The van der Waals surface area contributed by atoms with Crippen LogP contribution in [0.5, 0.6) is 0 Å². The predicted octanol–water partition coefficient (Wildman–Crippen LogP) is 1.91. The Morgan fingerprint density at radius 1 is 1.17 bits per heavy atom. The van der Waals surface area contributed by atoms with Crippen LogP contribution in [-0.4, -0.2) is 46.7 Å². The molecular formula is C19H30N2O2. The Balaban J connectivity index is 1.45. The first kappa shape index (κ1) is 14.7. The number of hydrogen-bond donors (Lipinski definition) is 2. The summed E-state index contributed by atoms with van der Waals surface area (Å²) in [5, 5.41) is 14.4. The first-order valence-corrected chi connectivity index (χ1v) is 9.65. The van der Waals surface area contributed by atoms with E-state index in [9.17, 15) is 9.90 Å². The Bertz CT molecular complexity index is 531. The van der Waals surface area contributed by atoms with Gasteiger partial charge in [-0.3, -0.25) is 4.79 Å². The number of rotatable bonds is 3. The van der Waals surface area contributed by atoms with Crippen LogP contribution in [-0.2, 0) is 4.79 Å². The topological polar surface area (TPSA) is 52.6 Å². The minimum absolute atomic E-state index is 0.00262. The lowest BCUT2D eigenvalue weighted by Crippen LogP contribution is -2.65. The fourth-order valence-electron chi connectivity index (χ4n) is 7.55. The van der Waals surface area contributed by atoms with Gasteiger partial charge < -0.3 is 15.3 Å². The van der Waals surface area contributed by atoms with Gasteiger partial charge in [0.2, 0.25) is 5.91 Å². The highest BCUT2D eigenvalue weighted by Crippen LogP contribution is 2.63. The van der Waals surface area contributed by atoms with Gasteiger partial charge in [-0.15, -0.1) is 0 Å². The number of likely N-dealkylation sites (tertiary alicyclic amines) is 1. The summed E-state index contributed by atoms with van der Waals surface area (Å²) in [7, 11) is 1.95. The van der Waals surface area contributed by atoms with Crippen LogP contribution in [0.1, 0.15) is 58.3 Å². The third-order valence-corrected chi connectivity index (χ3v) is 7.84. The zero-order valence-electron chi connectivity index (χ0n) is 14.4. The first-order valence-electron chi connectivity index (χ1n) is 9.65. The number of hydrogen-bond acceptors (Lipinski definition) is 3. The van der Waals surface area contributed by atoms with Crippen LogP contribution in [0, 0.1) is 23.2 Å². The number of likely N-dealkylation sites (N-methyl/N-ethyl adjacent to an activating group) is 1. The van der Waals surface area contributed by atoms with Crippen molar-refractivity contribution in [1.29, 1.82) is 0 Å². The molecule has 1 aliphatic heterocycles. The van der Waals surface area contributed by atoms with Crippen LogP contribution in [0.2, 0.25) is 0 Å². The minimum atomic E-state index is -0.488. The number of nitrogens with zero attached hydrogens (tertiary/aromatic N) is 1. The molecule has 6 atom stereocenters. The lowest BCUT2D eigenvalue weighted by atomic mass is 9.46. The maximum absolute atomic E-state index is 13.4. The molecule has 2 N–H and O–H groups in total. The summed E-state index contributed by atoms with van der Waals surface area (Å²) in [6, 6.07) is 0.825. The van der Waals surface area contributed by atoms with Crippen molar-refractivity contribution in [2.75, 3.05) is 7.05 Å². The molecule has 6 rings (SSSR count). The highest BCUT2D eigenvalue weighted by molar-refractivity contribution is 5.84. The Morgan fingerprint density at radius 2 is 1.87 bits per heavy atom. The molecule has 6 fully saturated rings. The molecule has 0 aromatic carbocycles. The molecule has 0 radical (unpaired) electrons. The second-order valence-corrected chi connectivity index (χ2v) is 9.66. The number of nitrogens with one attached hydrogen (secondary N) is 1. The van der Waals surface area contributed by atoms with Gasteiger partial charge in [0.25, 0.3) is 0 Å². The van der Waals surface area contributed by atoms with Crippen molar-refractivity contribution in [1.82, 2.24) is 10.2 Å². The number of amides is 1. The molecule has 23 heavy (non-hydrogen) atoms. The minimum Gasteiger partial charge on any atom is -0.390 e. The third-order valence-electron chi connectivity index (χ3n) is 7.84. The molecule has 1 saturated heterocycles. The Kier molecular flexibility index (Phi) is 2.89. The van der Waals surface area contributed by atoms with Gasteiger partial charge in [-0.25, -0.2) is 0 Å². The molecule has 0 aromatic rings. The molecule has 128 valence electrons. The van der Waals surface area contributed by atoms with Crippen molar-refractivity contribution in [3.05, 3.63) is 0 Å². The molecule has 0 aromatic heterocycles. The molecule has 6 aliphatic rings. The molecule has 1 amide bonds. The smallest absolute Gasteiger partial charge is 0.240 e. The van der Waals surface area contributed by atoms with E-state index in [2.05, 4.69) is 17.1 Å².